The first-order valence-corrected chi connectivity index (χ1v) is 10.2. The first-order chi connectivity index (χ1) is 14.6. The largest absolute Gasteiger partial charge is 0.497 e. The van der Waals surface area contributed by atoms with Gasteiger partial charge >= 0.3 is 6.09 Å². The second kappa shape index (κ2) is 9.33. The lowest BCUT2D eigenvalue weighted by Gasteiger charge is -2.34. The summed E-state index contributed by atoms with van der Waals surface area (Å²) < 4.78 is 30.4. The van der Waals surface area contributed by atoms with Gasteiger partial charge in [0.2, 0.25) is 0 Å². The number of alkyl carbamates (subject to hydrolysis) is 1. The molecule has 170 valence electrons. The van der Waals surface area contributed by atoms with E-state index in [1.54, 1.807) is 26.8 Å². The topological polar surface area (TPSA) is 110 Å². The second-order valence-electron chi connectivity index (χ2n) is 8.63. The van der Waals surface area contributed by atoms with E-state index in [2.05, 4.69) is 10.3 Å². The Morgan fingerprint density at radius 2 is 2.06 bits per heavy atom. The Morgan fingerprint density at radius 1 is 1.32 bits per heavy atom. The molecule has 0 unspecified atom stereocenters. The van der Waals surface area contributed by atoms with Gasteiger partial charge in [-0.05, 0) is 51.3 Å². The molecule has 0 saturated carbocycles. The van der Waals surface area contributed by atoms with Crippen molar-refractivity contribution in [3.8, 4) is 5.75 Å². The first kappa shape index (κ1) is 23.2. The van der Waals surface area contributed by atoms with Gasteiger partial charge in [0.25, 0.3) is 0 Å². The molecule has 3 N–H and O–H groups in total. The van der Waals surface area contributed by atoms with E-state index in [-0.39, 0.29) is 23.9 Å². The number of carbonyl (C=O) groups is 1. The molecule has 3 rings (SSSR count). The molecule has 8 nitrogen and oxygen atoms in total. The quantitative estimate of drug-likeness (QED) is 0.661. The third-order valence-corrected chi connectivity index (χ3v) is 5.10. The van der Waals surface area contributed by atoms with Crippen molar-refractivity contribution in [1.29, 1.82) is 0 Å². The molecule has 1 aromatic carbocycles. The molecule has 1 saturated heterocycles. The van der Waals surface area contributed by atoms with Crippen molar-refractivity contribution >= 4 is 17.0 Å². The van der Waals surface area contributed by atoms with E-state index in [0.717, 1.165) is 0 Å². The zero-order valence-electron chi connectivity index (χ0n) is 18.1. The molecular weight excluding hydrogens is 407 g/mol. The van der Waals surface area contributed by atoms with Crippen LogP contribution < -0.4 is 10.1 Å². The zero-order chi connectivity index (χ0) is 22.8. The van der Waals surface area contributed by atoms with Crippen LogP contribution in [0, 0.1) is 5.82 Å². The molecule has 1 amide bonds. The summed E-state index contributed by atoms with van der Waals surface area (Å²) in [5.41, 5.74) is -0.193. The number of benzene rings is 1. The Bertz CT molecular complexity index is 924. The van der Waals surface area contributed by atoms with Crippen molar-refractivity contribution in [2.24, 2.45) is 0 Å². The van der Waals surface area contributed by atoms with Crippen LogP contribution >= 0.6 is 0 Å². The van der Waals surface area contributed by atoms with Crippen molar-refractivity contribution in [3.63, 3.8) is 0 Å². The summed E-state index contributed by atoms with van der Waals surface area (Å²) >= 11 is 0. The van der Waals surface area contributed by atoms with Crippen LogP contribution in [-0.2, 0) is 9.47 Å². The average Bonchev–Trinajstić information content (AvgIpc) is 2.71. The minimum Gasteiger partial charge on any atom is -0.497 e. The van der Waals surface area contributed by atoms with Crippen molar-refractivity contribution < 1.29 is 33.6 Å². The van der Waals surface area contributed by atoms with Crippen LogP contribution in [0.4, 0.5) is 9.18 Å². The predicted molar refractivity (Wildman–Crippen MR) is 111 cm³/mol. The normalized spacial score (nSPS) is 21.4. The van der Waals surface area contributed by atoms with Crippen LogP contribution in [0.1, 0.15) is 45.3 Å². The molecule has 4 atom stereocenters. The SMILES string of the molecule is COc1cc(F)c2nccc([C@@H](O)[C@@H](O)[C@@H]3CC[C@@H](NC(=O)OC(C)(C)C)CO3)c2c1. The summed E-state index contributed by atoms with van der Waals surface area (Å²) in [6.07, 6.45) is -1.40. The van der Waals surface area contributed by atoms with Crippen molar-refractivity contribution in [1.82, 2.24) is 10.3 Å². The molecule has 31 heavy (non-hydrogen) atoms. The number of rotatable bonds is 5. The van der Waals surface area contributed by atoms with E-state index in [4.69, 9.17) is 14.2 Å². The number of nitrogens with one attached hydrogen (secondary N) is 1. The number of fused-ring (bicyclic) bond motifs is 1. The molecule has 0 spiro atoms. The lowest BCUT2D eigenvalue weighted by molar-refractivity contribution is -0.113. The number of carbonyl (C=O) groups excluding carboxylic acids is 1. The van der Waals surface area contributed by atoms with Gasteiger partial charge in [-0.25, -0.2) is 9.18 Å². The lowest BCUT2D eigenvalue weighted by atomic mass is 9.93. The van der Waals surface area contributed by atoms with Gasteiger partial charge in [0.1, 0.15) is 29.1 Å². The highest BCUT2D eigenvalue weighted by molar-refractivity contribution is 5.84. The minimum atomic E-state index is -1.32. The maximum absolute atomic E-state index is 14.3. The Hall–Kier alpha value is -2.49. The fourth-order valence-corrected chi connectivity index (χ4v) is 3.60. The molecule has 0 aliphatic carbocycles. The maximum Gasteiger partial charge on any atom is 0.407 e. The van der Waals surface area contributed by atoms with Crippen molar-refractivity contribution in [2.75, 3.05) is 13.7 Å². The summed E-state index contributed by atoms with van der Waals surface area (Å²) in [7, 11) is 1.42. The third kappa shape index (κ3) is 5.61. The molecule has 0 radical (unpaired) electrons. The fourth-order valence-electron chi connectivity index (χ4n) is 3.60. The molecule has 1 aliphatic rings. The predicted octanol–water partition coefficient (Wildman–Crippen LogP) is 2.85. The highest BCUT2D eigenvalue weighted by atomic mass is 19.1. The Balaban J connectivity index is 1.67. The van der Waals surface area contributed by atoms with Crippen LogP contribution in [0.2, 0.25) is 0 Å². The van der Waals surface area contributed by atoms with Crippen LogP contribution in [0.25, 0.3) is 10.9 Å². The number of amides is 1. The molecule has 2 aromatic rings. The van der Waals surface area contributed by atoms with E-state index in [0.29, 0.717) is 23.8 Å². The molecule has 9 heteroatoms. The van der Waals surface area contributed by atoms with Gasteiger partial charge < -0.3 is 29.7 Å². The van der Waals surface area contributed by atoms with Gasteiger partial charge in [-0.3, -0.25) is 4.98 Å². The zero-order valence-corrected chi connectivity index (χ0v) is 18.1. The smallest absolute Gasteiger partial charge is 0.407 e. The minimum absolute atomic E-state index is 0.0794. The highest BCUT2D eigenvalue weighted by Gasteiger charge is 2.34. The number of nitrogens with zero attached hydrogens (tertiary/aromatic N) is 1. The number of halogens is 1. The number of aromatic nitrogens is 1. The average molecular weight is 436 g/mol. The van der Waals surface area contributed by atoms with Crippen LogP contribution in [0.3, 0.4) is 0 Å². The molecule has 1 aliphatic heterocycles. The van der Waals surface area contributed by atoms with Crippen LogP contribution in [0.5, 0.6) is 5.75 Å². The summed E-state index contributed by atoms with van der Waals surface area (Å²) in [6, 6.07) is 4.06. The van der Waals surface area contributed by atoms with Crippen LogP contribution in [-0.4, -0.2) is 58.9 Å². The van der Waals surface area contributed by atoms with E-state index in [1.165, 1.54) is 25.4 Å². The van der Waals surface area contributed by atoms with Crippen LogP contribution in [0.15, 0.2) is 24.4 Å². The van der Waals surface area contributed by atoms with Gasteiger partial charge in [-0.2, -0.15) is 0 Å². The first-order valence-electron chi connectivity index (χ1n) is 10.2. The second-order valence-corrected chi connectivity index (χ2v) is 8.63. The molecule has 2 heterocycles. The lowest BCUT2D eigenvalue weighted by Crippen LogP contribution is -2.47. The Morgan fingerprint density at radius 3 is 2.68 bits per heavy atom. The number of hydrogen-bond acceptors (Lipinski definition) is 7. The van der Waals surface area contributed by atoms with Gasteiger partial charge in [0, 0.05) is 17.6 Å². The fraction of sp³-hybridized carbons (Fsp3) is 0.545. The summed E-state index contributed by atoms with van der Waals surface area (Å²) in [5.74, 6) is -0.297. The molecule has 1 aromatic heterocycles. The van der Waals surface area contributed by atoms with Crippen molar-refractivity contribution in [2.45, 2.75) is 63.6 Å². The van der Waals surface area contributed by atoms with Gasteiger partial charge in [0.15, 0.2) is 5.82 Å². The van der Waals surface area contributed by atoms with E-state index < -0.39 is 35.8 Å². The van der Waals surface area contributed by atoms with E-state index in [1.807, 2.05) is 0 Å². The number of aliphatic hydroxyl groups is 2. The van der Waals surface area contributed by atoms with E-state index in [9.17, 15) is 19.4 Å². The number of methoxy groups -OCH3 is 1. The van der Waals surface area contributed by atoms with Gasteiger partial charge in [0.05, 0.1) is 25.9 Å². The Kier molecular flexibility index (Phi) is 6.98. The van der Waals surface area contributed by atoms with E-state index >= 15 is 0 Å². The number of aliphatic hydroxyl groups excluding tert-OH is 2. The number of pyridine rings is 1. The Labute approximate surface area is 180 Å². The molecular formula is C22H29FN2O6. The van der Waals surface area contributed by atoms with Crippen molar-refractivity contribution in [3.05, 3.63) is 35.8 Å². The molecule has 1 fully saturated rings. The summed E-state index contributed by atoms with van der Waals surface area (Å²) in [6.45, 7) is 5.51. The monoisotopic (exact) mass is 436 g/mol. The van der Waals surface area contributed by atoms with Gasteiger partial charge in [-0.15, -0.1) is 0 Å². The maximum atomic E-state index is 14.3. The number of hydrogen-bond donors (Lipinski definition) is 3. The summed E-state index contributed by atoms with van der Waals surface area (Å²) in [5, 5.41) is 24.7. The van der Waals surface area contributed by atoms with Gasteiger partial charge in [-0.1, -0.05) is 0 Å². The summed E-state index contributed by atoms with van der Waals surface area (Å²) in [4.78, 5) is 15.9. The molecule has 0 bridgehead atoms. The highest BCUT2D eigenvalue weighted by Crippen LogP contribution is 2.32. The third-order valence-electron chi connectivity index (χ3n) is 5.10. The number of ether oxygens (including phenoxy) is 3. The standard InChI is InChI=1S/C22H29FN2O6/c1-22(2,3)31-21(28)25-12-5-6-17(30-11-12)20(27)19(26)14-7-8-24-18-15(14)9-13(29-4)10-16(18)23/h7-10,12,17,19-20,26-27H,5-6,11H2,1-4H3,(H,25,28)/t12-,17+,19-,20+/m1/s1.